The largest absolute Gasteiger partial charge is 0.495 e. The molecule has 2 saturated heterocycles. The van der Waals surface area contributed by atoms with E-state index in [0.717, 1.165) is 31.0 Å². The summed E-state index contributed by atoms with van der Waals surface area (Å²) < 4.78 is 43.5. The zero-order valence-corrected chi connectivity index (χ0v) is 17.8. The Labute approximate surface area is 183 Å². The van der Waals surface area contributed by atoms with E-state index < -0.39 is 11.9 Å². The van der Waals surface area contributed by atoms with Gasteiger partial charge in [0.25, 0.3) is 5.91 Å². The first kappa shape index (κ1) is 21.9. The Morgan fingerprint density at radius 1 is 1.16 bits per heavy atom. The van der Waals surface area contributed by atoms with Crippen LogP contribution in [0, 0.1) is 0 Å². The summed E-state index contributed by atoms with van der Waals surface area (Å²) in [5, 5.41) is 0.316. The van der Waals surface area contributed by atoms with Crippen LogP contribution in [0.4, 0.5) is 13.2 Å². The molecule has 0 N–H and O–H groups in total. The van der Waals surface area contributed by atoms with Crippen LogP contribution in [0.2, 0.25) is 5.02 Å². The average molecular weight is 454 g/mol. The van der Waals surface area contributed by atoms with Crippen LogP contribution in [0.5, 0.6) is 5.75 Å². The van der Waals surface area contributed by atoms with Crippen LogP contribution < -0.4 is 4.74 Å². The van der Waals surface area contributed by atoms with Crippen molar-refractivity contribution in [2.75, 3.05) is 33.3 Å². The normalized spacial score (nSPS) is 22.2. The van der Waals surface area contributed by atoms with Crippen molar-refractivity contribution < 1.29 is 22.7 Å². The summed E-state index contributed by atoms with van der Waals surface area (Å²) in [7, 11) is 1.51. The lowest BCUT2D eigenvalue weighted by Crippen LogP contribution is -2.57. The summed E-state index contributed by atoms with van der Waals surface area (Å²) >= 11 is 6.33. The Morgan fingerprint density at radius 3 is 2.65 bits per heavy atom. The summed E-state index contributed by atoms with van der Waals surface area (Å²) in [5.41, 5.74) is 0.389. The number of nitrogens with zero attached hydrogens (tertiary/aromatic N) is 3. The van der Waals surface area contributed by atoms with Gasteiger partial charge in [0, 0.05) is 38.4 Å². The number of methoxy groups -OCH3 is 1. The van der Waals surface area contributed by atoms with Gasteiger partial charge in [-0.25, -0.2) is 0 Å². The molecule has 3 heterocycles. The molecule has 9 heteroatoms. The van der Waals surface area contributed by atoms with Crippen molar-refractivity contribution >= 4 is 17.5 Å². The van der Waals surface area contributed by atoms with E-state index in [1.807, 2.05) is 4.90 Å². The Balaban J connectivity index is 1.40. The van der Waals surface area contributed by atoms with Crippen LogP contribution in [-0.2, 0) is 6.18 Å². The zero-order chi connectivity index (χ0) is 22.2. The van der Waals surface area contributed by atoms with E-state index in [2.05, 4.69) is 9.88 Å². The number of ether oxygens (including phenoxy) is 1. The predicted molar refractivity (Wildman–Crippen MR) is 110 cm³/mol. The number of rotatable bonds is 3. The maximum atomic E-state index is 13.0. The Kier molecular flexibility index (Phi) is 6.12. The molecular formula is C22H23ClF3N3O2. The highest BCUT2D eigenvalue weighted by atomic mass is 35.5. The summed E-state index contributed by atoms with van der Waals surface area (Å²) in [5.74, 6) is 0.496. The van der Waals surface area contributed by atoms with Crippen molar-refractivity contribution in [1.29, 1.82) is 0 Å². The molecule has 0 spiro atoms. The van der Waals surface area contributed by atoms with Crippen molar-refractivity contribution in [3.63, 3.8) is 0 Å². The molecule has 166 valence electrons. The van der Waals surface area contributed by atoms with Gasteiger partial charge in [0.15, 0.2) is 0 Å². The number of aromatic nitrogens is 1. The maximum absolute atomic E-state index is 13.0. The smallest absolute Gasteiger partial charge is 0.433 e. The van der Waals surface area contributed by atoms with Crippen molar-refractivity contribution in [2.24, 2.45) is 0 Å². The number of alkyl halides is 3. The lowest BCUT2D eigenvalue weighted by molar-refractivity contribution is -0.141. The molecule has 31 heavy (non-hydrogen) atoms. The molecule has 0 saturated carbocycles. The number of piperidine rings is 1. The third-order valence-electron chi connectivity index (χ3n) is 6.16. The predicted octanol–water partition coefficient (Wildman–Crippen LogP) is 4.47. The number of piperazine rings is 1. The van der Waals surface area contributed by atoms with E-state index in [4.69, 9.17) is 16.3 Å². The molecule has 0 radical (unpaired) electrons. The van der Waals surface area contributed by atoms with Gasteiger partial charge in [-0.05, 0) is 42.5 Å². The zero-order valence-electron chi connectivity index (χ0n) is 17.0. The fourth-order valence-electron chi connectivity index (χ4n) is 4.45. The highest BCUT2D eigenvalue weighted by Crippen LogP contribution is 2.34. The average Bonchev–Trinajstić information content (AvgIpc) is 2.77. The van der Waals surface area contributed by atoms with Gasteiger partial charge in [-0.15, -0.1) is 0 Å². The third kappa shape index (κ3) is 4.50. The third-order valence-corrected chi connectivity index (χ3v) is 6.55. The molecule has 1 amide bonds. The van der Waals surface area contributed by atoms with Crippen molar-refractivity contribution in [3.05, 3.63) is 58.4 Å². The fourth-order valence-corrected chi connectivity index (χ4v) is 4.73. The first-order valence-corrected chi connectivity index (χ1v) is 10.5. The lowest BCUT2D eigenvalue weighted by Gasteiger charge is -2.46. The second-order valence-electron chi connectivity index (χ2n) is 7.97. The van der Waals surface area contributed by atoms with E-state index in [1.165, 1.54) is 19.4 Å². The molecule has 2 fully saturated rings. The molecule has 1 aromatic carbocycles. The SMILES string of the molecule is COc1cccc(C(=O)N2CCN3C[C@@H](c4ccc(C(F)(F)F)nc4)CC[C@@H]3C2)c1Cl. The van der Waals surface area contributed by atoms with Gasteiger partial charge in [-0.2, -0.15) is 13.2 Å². The Morgan fingerprint density at radius 2 is 1.97 bits per heavy atom. The van der Waals surface area contributed by atoms with Crippen LogP contribution in [0.15, 0.2) is 36.5 Å². The molecule has 4 rings (SSSR count). The van der Waals surface area contributed by atoms with E-state index >= 15 is 0 Å². The Hall–Kier alpha value is -2.32. The molecule has 2 aromatic rings. The van der Waals surface area contributed by atoms with Gasteiger partial charge in [0.1, 0.15) is 11.4 Å². The van der Waals surface area contributed by atoms with E-state index in [-0.39, 0.29) is 17.9 Å². The number of pyridine rings is 1. The van der Waals surface area contributed by atoms with Crippen molar-refractivity contribution in [3.8, 4) is 5.75 Å². The summed E-state index contributed by atoms with van der Waals surface area (Å²) in [6.07, 6.45) is -1.37. The monoisotopic (exact) mass is 453 g/mol. The van der Waals surface area contributed by atoms with Crippen LogP contribution in [0.3, 0.4) is 0 Å². The molecule has 2 aliphatic rings. The topological polar surface area (TPSA) is 45.7 Å². The highest BCUT2D eigenvalue weighted by Gasteiger charge is 2.36. The van der Waals surface area contributed by atoms with Crippen molar-refractivity contribution in [1.82, 2.24) is 14.8 Å². The highest BCUT2D eigenvalue weighted by molar-refractivity contribution is 6.35. The number of hydrogen-bond donors (Lipinski definition) is 0. The minimum absolute atomic E-state index is 0.113. The number of carbonyl (C=O) groups is 1. The van der Waals surface area contributed by atoms with Gasteiger partial charge in [-0.1, -0.05) is 23.7 Å². The standard InChI is InChI=1S/C22H23ClF3N3O2/c1-31-18-4-2-3-17(20(18)23)21(30)29-10-9-28-12-15(5-7-16(28)13-29)14-6-8-19(27-11-14)22(24,25)26/h2-4,6,8,11,15-16H,5,7,9-10,12-13H2,1H3/t15-,16+/m0/s1. The summed E-state index contributed by atoms with van der Waals surface area (Å²) in [6.45, 7) is 2.63. The van der Waals surface area contributed by atoms with Crippen LogP contribution in [-0.4, -0.2) is 60.0 Å². The lowest BCUT2D eigenvalue weighted by atomic mass is 9.87. The molecular weight excluding hydrogens is 431 g/mol. The van der Waals surface area contributed by atoms with Gasteiger partial charge in [-0.3, -0.25) is 14.7 Å². The fraction of sp³-hybridized carbons (Fsp3) is 0.455. The maximum Gasteiger partial charge on any atom is 0.433 e. The minimum Gasteiger partial charge on any atom is -0.495 e. The van der Waals surface area contributed by atoms with Crippen LogP contribution in [0.1, 0.15) is 40.4 Å². The van der Waals surface area contributed by atoms with Crippen LogP contribution in [0.25, 0.3) is 0 Å². The second kappa shape index (κ2) is 8.67. The van der Waals surface area contributed by atoms with E-state index in [0.29, 0.717) is 36.0 Å². The first-order valence-electron chi connectivity index (χ1n) is 10.2. The minimum atomic E-state index is -4.43. The number of hydrogen-bond acceptors (Lipinski definition) is 4. The van der Waals surface area contributed by atoms with Gasteiger partial charge < -0.3 is 9.64 Å². The molecule has 2 aliphatic heterocycles. The molecule has 1 aromatic heterocycles. The van der Waals surface area contributed by atoms with Crippen LogP contribution >= 0.6 is 11.6 Å². The molecule has 5 nitrogen and oxygen atoms in total. The van der Waals surface area contributed by atoms with Gasteiger partial charge in [0.05, 0.1) is 17.7 Å². The summed E-state index contributed by atoms with van der Waals surface area (Å²) in [6, 6.07) is 7.97. The Bertz CT molecular complexity index is 952. The number of amides is 1. The number of benzene rings is 1. The number of halogens is 4. The molecule has 0 aliphatic carbocycles. The van der Waals surface area contributed by atoms with Gasteiger partial charge in [0.2, 0.25) is 0 Å². The number of carbonyl (C=O) groups excluding carboxylic acids is 1. The van der Waals surface area contributed by atoms with E-state index in [1.54, 1.807) is 18.2 Å². The van der Waals surface area contributed by atoms with Gasteiger partial charge >= 0.3 is 6.18 Å². The second-order valence-corrected chi connectivity index (χ2v) is 8.35. The molecule has 0 bridgehead atoms. The quantitative estimate of drug-likeness (QED) is 0.688. The number of fused-ring (bicyclic) bond motifs is 1. The summed E-state index contributed by atoms with van der Waals surface area (Å²) in [4.78, 5) is 20.8. The molecule has 2 atom stereocenters. The van der Waals surface area contributed by atoms with E-state index in [9.17, 15) is 18.0 Å². The first-order chi connectivity index (χ1) is 14.8. The van der Waals surface area contributed by atoms with Crippen molar-refractivity contribution in [2.45, 2.75) is 31.0 Å². The molecule has 0 unspecified atom stereocenters.